The van der Waals surface area contributed by atoms with Gasteiger partial charge in [-0.1, -0.05) is 66.7 Å². The van der Waals surface area contributed by atoms with E-state index in [4.69, 9.17) is 9.47 Å². The first-order chi connectivity index (χ1) is 19.5. The van der Waals surface area contributed by atoms with Gasteiger partial charge in [0.15, 0.2) is 6.29 Å². The molecule has 0 aliphatic carbocycles. The van der Waals surface area contributed by atoms with E-state index < -0.39 is 16.3 Å². The Bertz CT molecular complexity index is 1700. The maximum absolute atomic E-state index is 12.9. The van der Waals surface area contributed by atoms with Crippen LogP contribution in [0.15, 0.2) is 114 Å². The number of aliphatic hydroxyl groups excluding tert-OH is 1. The van der Waals surface area contributed by atoms with E-state index in [-0.39, 0.29) is 23.7 Å². The lowest BCUT2D eigenvalue weighted by molar-refractivity contribution is -0.252. The van der Waals surface area contributed by atoms with Crippen LogP contribution in [-0.2, 0) is 32.6 Å². The van der Waals surface area contributed by atoms with Gasteiger partial charge < -0.3 is 19.1 Å². The first kappa shape index (κ1) is 26.2. The number of hydrogen-bond donors (Lipinski definition) is 2. The molecule has 1 fully saturated rings. The number of fused-ring (bicyclic) bond motifs is 1. The second-order valence-corrected chi connectivity index (χ2v) is 11.5. The molecular formula is C31H29N3O5S. The average molecular weight is 556 g/mol. The van der Waals surface area contributed by atoms with Gasteiger partial charge in [-0.3, -0.25) is 4.72 Å². The summed E-state index contributed by atoms with van der Waals surface area (Å²) in [7, 11) is -3.75. The zero-order chi connectivity index (χ0) is 27.5. The quantitative estimate of drug-likeness (QED) is 0.259. The number of rotatable bonds is 8. The Morgan fingerprint density at radius 3 is 2.45 bits per heavy atom. The number of ether oxygens (including phenoxy) is 2. The third-order valence-corrected chi connectivity index (χ3v) is 8.40. The van der Waals surface area contributed by atoms with Crippen molar-refractivity contribution < 1.29 is 23.0 Å². The van der Waals surface area contributed by atoms with E-state index in [1.807, 2.05) is 60.9 Å². The number of nitrogens with one attached hydrogen (secondary N) is 1. The molecule has 5 aromatic rings. The number of anilines is 1. The standard InChI is InChI=1S/C31H29N3O5S/c35-20-22-13-15-23(16-14-22)30-18-26(19-34-21-32-28-11-4-5-12-29(28)34)38-31(39-30)24-7-6-8-25(17-24)33-40(36,37)27-9-2-1-3-10-27/h1-17,21,26,30-31,33,35H,18-20H2/t26-,30+,31+/m0/s1. The van der Waals surface area contributed by atoms with Crippen LogP contribution in [0.5, 0.6) is 0 Å². The van der Waals surface area contributed by atoms with Crippen LogP contribution in [0.3, 0.4) is 0 Å². The fourth-order valence-electron chi connectivity index (χ4n) is 4.97. The van der Waals surface area contributed by atoms with Crippen molar-refractivity contribution in [2.24, 2.45) is 0 Å². The Labute approximate surface area is 232 Å². The molecule has 0 spiro atoms. The zero-order valence-electron chi connectivity index (χ0n) is 21.6. The molecule has 1 aliphatic heterocycles. The lowest BCUT2D eigenvalue weighted by atomic mass is 10.00. The van der Waals surface area contributed by atoms with E-state index >= 15 is 0 Å². The molecule has 3 atom stereocenters. The number of imidazole rings is 1. The summed E-state index contributed by atoms with van der Waals surface area (Å²) in [6.45, 7) is 0.547. The Morgan fingerprint density at radius 1 is 0.875 bits per heavy atom. The number of nitrogens with zero attached hydrogens (tertiary/aromatic N) is 2. The molecule has 8 nitrogen and oxygen atoms in total. The van der Waals surface area contributed by atoms with Gasteiger partial charge in [0.05, 0.1) is 47.6 Å². The largest absolute Gasteiger partial charge is 0.392 e. The predicted octanol–water partition coefficient (Wildman–Crippen LogP) is 5.58. The smallest absolute Gasteiger partial charge is 0.261 e. The van der Waals surface area contributed by atoms with Gasteiger partial charge in [-0.15, -0.1) is 0 Å². The Balaban J connectivity index is 1.28. The monoisotopic (exact) mass is 555 g/mol. The molecule has 9 heteroatoms. The SMILES string of the molecule is O=S(=O)(Nc1cccc([C@@H]2O[C@H](Cn3cnc4ccccc43)C[C@H](c3ccc(CO)cc3)O2)c1)c1ccccc1. The lowest BCUT2D eigenvalue weighted by Crippen LogP contribution is -2.32. The van der Waals surface area contributed by atoms with Crippen LogP contribution in [-0.4, -0.2) is 29.2 Å². The molecule has 1 saturated heterocycles. The molecule has 0 unspecified atom stereocenters. The molecular weight excluding hydrogens is 526 g/mol. The Morgan fingerprint density at radius 2 is 1.65 bits per heavy atom. The van der Waals surface area contributed by atoms with Gasteiger partial charge in [-0.25, -0.2) is 13.4 Å². The summed E-state index contributed by atoms with van der Waals surface area (Å²) in [5, 5.41) is 9.47. The van der Waals surface area contributed by atoms with Crippen LogP contribution in [0.2, 0.25) is 0 Å². The third kappa shape index (κ3) is 5.64. The summed E-state index contributed by atoms with van der Waals surface area (Å²) < 4.78 is 43.5. The van der Waals surface area contributed by atoms with E-state index in [0.717, 1.165) is 22.2 Å². The van der Waals surface area contributed by atoms with Crippen LogP contribution in [0.1, 0.15) is 35.5 Å². The summed E-state index contributed by atoms with van der Waals surface area (Å²) in [6.07, 6.45) is 1.24. The molecule has 2 heterocycles. The fraction of sp³-hybridized carbons (Fsp3) is 0.194. The van der Waals surface area contributed by atoms with E-state index in [9.17, 15) is 13.5 Å². The Kier molecular flexibility index (Phi) is 7.36. The van der Waals surface area contributed by atoms with Gasteiger partial charge in [-0.2, -0.15) is 0 Å². The normalized spacial score (nSPS) is 19.5. The number of aromatic nitrogens is 2. The molecule has 1 aromatic heterocycles. The minimum absolute atomic E-state index is 0.0282. The number of para-hydroxylation sites is 2. The molecule has 0 amide bonds. The predicted molar refractivity (Wildman–Crippen MR) is 152 cm³/mol. The number of sulfonamides is 1. The van der Waals surface area contributed by atoms with Gasteiger partial charge in [0.2, 0.25) is 0 Å². The highest BCUT2D eigenvalue weighted by Crippen LogP contribution is 2.39. The van der Waals surface area contributed by atoms with Crippen LogP contribution < -0.4 is 4.72 Å². The van der Waals surface area contributed by atoms with Crippen molar-refractivity contribution in [1.29, 1.82) is 0 Å². The zero-order valence-corrected chi connectivity index (χ0v) is 22.4. The van der Waals surface area contributed by atoms with Crippen molar-refractivity contribution in [3.05, 3.63) is 126 Å². The van der Waals surface area contributed by atoms with Crippen LogP contribution in [0.4, 0.5) is 5.69 Å². The van der Waals surface area contributed by atoms with Crippen molar-refractivity contribution in [2.75, 3.05) is 4.72 Å². The first-order valence-corrected chi connectivity index (χ1v) is 14.6. The van der Waals surface area contributed by atoms with Gasteiger partial charge in [-0.05, 0) is 47.5 Å². The van der Waals surface area contributed by atoms with Crippen LogP contribution in [0.25, 0.3) is 11.0 Å². The van der Waals surface area contributed by atoms with Crippen molar-refractivity contribution in [1.82, 2.24) is 9.55 Å². The van der Waals surface area contributed by atoms with Crippen molar-refractivity contribution in [3.8, 4) is 0 Å². The maximum atomic E-state index is 12.9. The van der Waals surface area contributed by atoms with Gasteiger partial charge in [0.1, 0.15) is 0 Å². The summed E-state index contributed by atoms with van der Waals surface area (Å²) in [5.41, 5.74) is 4.86. The molecule has 6 rings (SSSR count). The van der Waals surface area contributed by atoms with Crippen molar-refractivity contribution >= 4 is 26.7 Å². The lowest BCUT2D eigenvalue weighted by Gasteiger charge is -2.36. The summed E-state index contributed by atoms with van der Waals surface area (Å²) in [6, 6.07) is 31.0. The minimum atomic E-state index is -3.75. The van der Waals surface area contributed by atoms with E-state index in [0.29, 0.717) is 24.2 Å². The summed E-state index contributed by atoms with van der Waals surface area (Å²) in [5.74, 6) is 0. The molecule has 0 radical (unpaired) electrons. The van der Waals surface area contributed by atoms with Gasteiger partial charge in [0.25, 0.3) is 10.0 Å². The van der Waals surface area contributed by atoms with Gasteiger partial charge in [0, 0.05) is 17.7 Å². The molecule has 40 heavy (non-hydrogen) atoms. The first-order valence-electron chi connectivity index (χ1n) is 13.1. The summed E-state index contributed by atoms with van der Waals surface area (Å²) in [4.78, 5) is 4.70. The summed E-state index contributed by atoms with van der Waals surface area (Å²) >= 11 is 0. The van der Waals surface area contributed by atoms with Crippen molar-refractivity contribution in [2.45, 2.75) is 43.0 Å². The van der Waals surface area contributed by atoms with Crippen LogP contribution in [0, 0.1) is 0 Å². The number of aliphatic hydroxyl groups is 1. The number of hydrogen-bond acceptors (Lipinski definition) is 6. The topological polar surface area (TPSA) is 103 Å². The van der Waals surface area contributed by atoms with Crippen LogP contribution >= 0.6 is 0 Å². The third-order valence-electron chi connectivity index (χ3n) is 7.01. The maximum Gasteiger partial charge on any atom is 0.261 e. The van der Waals surface area contributed by atoms with E-state index in [1.54, 1.807) is 48.5 Å². The average Bonchev–Trinajstić information content (AvgIpc) is 3.40. The molecule has 4 aromatic carbocycles. The minimum Gasteiger partial charge on any atom is -0.392 e. The molecule has 0 saturated carbocycles. The van der Waals surface area contributed by atoms with Crippen molar-refractivity contribution in [3.63, 3.8) is 0 Å². The number of benzene rings is 4. The molecule has 0 bridgehead atoms. The highest BCUT2D eigenvalue weighted by molar-refractivity contribution is 7.92. The molecule has 1 aliphatic rings. The molecule has 2 N–H and O–H groups in total. The highest BCUT2D eigenvalue weighted by atomic mass is 32.2. The van der Waals surface area contributed by atoms with E-state index in [1.165, 1.54) is 0 Å². The van der Waals surface area contributed by atoms with Gasteiger partial charge >= 0.3 is 0 Å². The molecule has 204 valence electrons. The fourth-order valence-corrected chi connectivity index (χ4v) is 6.04. The second-order valence-electron chi connectivity index (χ2n) is 9.78. The highest BCUT2D eigenvalue weighted by Gasteiger charge is 2.33. The van der Waals surface area contributed by atoms with E-state index in [2.05, 4.69) is 14.3 Å². The second kappa shape index (κ2) is 11.2. The Hall–Kier alpha value is -4.02.